The molecule has 41 heavy (non-hydrogen) atoms. The number of carbonyl (C=O) groups excluding carboxylic acids is 2. The largest absolute Gasteiger partial charge is 0.496 e. The summed E-state index contributed by atoms with van der Waals surface area (Å²) >= 11 is 11.8. The van der Waals surface area contributed by atoms with Crippen LogP contribution in [0.4, 0.5) is 8.78 Å². The zero-order chi connectivity index (χ0) is 29.5. The Labute approximate surface area is 245 Å². The van der Waals surface area contributed by atoms with Gasteiger partial charge in [0.15, 0.2) is 5.82 Å². The molecule has 3 heterocycles. The van der Waals surface area contributed by atoms with Gasteiger partial charge in [-0.15, -0.1) is 10.2 Å². The minimum absolute atomic E-state index is 0.00361. The van der Waals surface area contributed by atoms with Crippen LogP contribution >= 0.6 is 23.2 Å². The lowest BCUT2D eigenvalue weighted by Crippen LogP contribution is -2.51. The van der Waals surface area contributed by atoms with E-state index in [0.29, 0.717) is 47.3 Å². The van der Waals surface area contributed by atoms with Crippen LogP contribution in [0.3, 0.4) is 0 Å². The highest BCUT2D eigenvalue weighted by atomic mass is 35.5. The number of nitrogens with zero attached hydrogens (tertiary/aromatic N) is 4. The van der Waals surface area contributed by atoms with Crippen molar-refractivity contribution in [2.45, 2.75) is 44.3 Å². The third-order valence-corrected chi connectivity index (χ3v) is 7.71. The molecule has 0 radical (unpaired) electrons. The molecule has 1 aromatic heterocycles. The molecule has 0 unspecified atom stereocenters. The SMILES string of the molecule is CCOC(=O)CC1CN(C(=O)C[C@@H]2O[C@@H](c3cccc(OC)c3C)c3cc(Cl)ccc3-n3c2nnc3C(F)(F)Cl)C1. The Morgan fingerprint density at radius 1 is 1.15 bits per heavy atom. The number of aromatic nitrogens is 3. The van der Waals surface area contributed by atoms with Crippen LogP contribution in [-0.2, 0) is 24.4 Å². The standard InChI is InChI=1S/C28H28Cl2F2N4O5/c1-4-40-24(38)10-16-13-35(14-16)23(37)12-22-26-33-34-27(28(30,31)32)36(26)20-9-8-17(29)11-19(20)25(41-22)18-6-5-7-21(39-3)15(18)2/h5-9,11,16,22,25H,4,10,12-14H2,1-3H3/t22-,25-/m0/s1. The number of amides is 1. The Morgan fingerprint density at radius 2 is 1.90 bits per heavy atom. The molecular formula is C28H28Cl2F2N4O5. The number of methoxy groups -OCH3 is 1. The van der Waals surface area contributed by atoms with Crippen molar-refractivity contribution < 1.29 is 32.6 Å². The van der Waals surface area contributed by atoms with E-state index in [9.17, 15) is 18.4 Å². The molecule has 2 aromatic carbocycles. The summed E-state index contributed by atoms with van der Waals surface area (Å²) in [4.78, 5) is 26.8. The normalized spacial score (nSPS) is 18.7. The van der Waals surface area contributed by atoms with Crippen molar-refractivity contribution in [2.24, 2.45) is 5.92 Å². The van der Waals surface area contributed by atoms with Gasteiger partial charge in [-0.1, -0.05) is 23.7 Å². The summed E-state index contributed by atoms with van der Waals surface area (Å²) in [5, 5.41) is 4.23. The van der Waals surface area contributed by atoms with Gasteiger partial charge in [0.2, 0.25) is 11.7 Å². The minimum atomic E-state index is -3.86. The number of hydrogen-bond donors (Lipinski definition) is 0. The van der Waals surface area contributed by atoms with Crippen LogP contribution in [0.5, 0.6) is 5.75 Å². The fraction of sp³-hybridized carbons (Fsp3) is 0.429. The Bertz CT molecular complexity index is 1470. The molecule has 2 aliphatic heterocycles. The summed E-state index contributed by atoms with van der Waals surface area (Å²) in [5.41, 5.74) is 2.22. The number of esters is 1. The van der Waals surface area contributed by atoms with Crippen molar-refractivity contribution in [1.29, 1.82) is 0 Å². The lowest BCUT2D eigenvalue weighted by atomic mass is 9.95. The number of halogens is 4. The molecule has 0 aliphatic carbocycles. The predicted molar refractivity (Wildman–Crippen MR) is 145 cm³/mol. The molecule has 218 valence electrons. The average molecular weight is 609 g/mol. The van der Waals surface area contributed by atoms with Crippen molar-refractivity contribution in [3.8, 4) is 11.4 Å². The lowest BCUT2D eigenvalue weighted by molar-refractivity contribution is -0.150. The average Bonchev–Trinajstić information content (AvgIpc) is 3.30. The highest BCUT2D eigenvalue weighted by Gasteiger charge is 2.43. The Morgan fingerprint density at radius 3 is 2.59 bits per heavy atom. The summed E-state index contributed by atoms with van der Waals surface area (Å²) in [6.07, 6.45) is -1.90. The van der Waals surface area contributed by atoms with Crippen LogP contribution in [0.15, 0.2) is 36.4 Å². The highest BCUT2D eigenvalue weighted by Crippen LogP contribution is 2.46. The second-order valence-corrected chi connectivity index (χ2v) is 10.9. The van der Waals surface area contributed by atoms with Crippen LogP contribution in [0.25, 0.3) is 5.69 Å². The maximum absolute atomic E-state index is 14.6. The number of likely N-dealkylation sites (tertiary alicyclic amines) is 1. The van der Waals surface area contributed by atoms with Crippen LogP contribution < -0.4 is 4.74 Å². The van der Waals surface area contributed by atoms with E-state index in [-0.39, 0.29) is 36.5 Å². The van der Waals surface area contributed by atoms with E-state index in [2.05, 4.69) is 10.2 Å². The van der Waals surface area contributed by atoms with Crippen molar-refractivity contribution >= 4 is 35.1 Å². The van der Waals surface area contributed by atoms with Gasteiger partial charge in [-0.25, -0.2) is 0 Å². The van der Waals surface area contributed by atoms with E-state index >= 15 is 0 Å². The van der Waals surface area contributed by atoms with Crippen LogP contribution in [-0.4, -0.2) is 58.3 Å². The first kappa shape index (κ1) is 29.2. The number of rotatable bonds is 8. The van der Waals surface area contributed by atoms with E-state index in [4.69, 9.17) is 37.4 Å². The van der Waals surface area contributed by atoms with E-state index in [1.54, 1.807) is 49.3 Å². The van der Waals surface area contributed by atoms with Crippen molar-refractivity contribution in [2.75, 3.05) is 26.8 Å². The quantitative estimate of drug-likeness (QED) is 0.246. The Kier molecular flexibility index (Phi) is 8.22. The van der Waals surface area contributed by atoms with Gasteiger partial charge in [-0.2, -0.15) is 8.78 Å². The Hall–Kier alpha value is -3.28. The highest BCUT2D eigenvalue weighted by molar-refractivity contribution is 6.30. The minimum Gasteiger partial charge on any atom is -0.496 e. The van der Waals surface area contributed by atoms with Crippen LogP contribution in [0, 0.1) is 12.8 Å². The van der Waals surface area contributed by atoms with Crippen molar-refractivity contribution in [1.82, 2.24) is 19.7 Å². The van der Waals surface area contributed by atoms with E-state index < -0.39 is 23.4 Å². The summed E-state index contributed by atoms with van der Waals surface area (Å²) in [5.74, 6) is -0.811. The molecule has 13 heteroatoms. The molecular weight excluding hydrogens is 581 g/mol. The van der Waals surface area contributed by atoms with Gasteiger partial charge in [0, 0.05) is 29.6 Å². The molecule has 1 saturated heterocycles. The molecule has 2 atom stereocenters. The zero-order valence-electron chi connectivity index (χ0n) is 22.6. The Balaban J connectivity index is 1.54. The zero-order valence-corrected chi connectivity index (χ0v) is 24.1. The molecule has 1 fully saturated rings. The first-order valence-corrected chi connectivity index (χ1v) is 13.8. The summed E-state index contributed by atoms with van der Waals surface area (Å²) in [7, 11) is 1.55. The molecule has 9 nitrogen and oxygen atoms in total. The van der Waals surface area contributed by atoms with Crippen LogP contribution in [0.1, 0.15) is 60.3 Å². The number of alkyl halides is 3. The third kappa shape index (κ3) is 5.75. The summed E-state index contributed by atoms with van der Waals surface area (Å²) in [6.45, 7) is 4.62. The molecule has 0 bridgehead atoms. The van der Waals surface area contributed by atoms with Crippen molar-refractivity contribution in [3.63, 3.8) is 0 Å². The fourth-order valence-corrected chi connectivity index (χ4v) is 5.63. The molecule has 0 spiro atoms. The second kappa shape index (κ2) is 11.5. The summed E-state index contributed by atoms with van der Waals surface area (Å²) < 4.78 is 47.4. The summed E-state index contributed by atoms with van der Waals surface area (Å²) in [6, 6.07) is 10.2. The van der Waals surface area contributed by atoms with Gasteiger partial charge in [-0.05, 0) is 60.8 Å². The third-order valence-electron chi connectivity index (χ3n) is 7.30. The lowest BCUT2D eigenvalue weighted by Gasteiger charge is -2.39. The smallest absolute Gasteiger partial charge is 0.382 e. The monoisotopic (exact) mass is 608 g/mol. The number of hydrogen-bond acceptors (Lipinski definition) is 7. The van der Waals surface area contributed by atoms with Gasteiger partial charge < -0.3 is 19.1 Å². The topological polar surface area (TPSA) is 95.8 Å². The van der Waals surface area contributed by atoms with Gasteiger partial charge in [-0.3, -0.25) is 14.2 Å². The van der Waals surface area contributed by atoms with E-state index in [1.807, 2.05) is 13.0 Å². The maximum atomic E-state index is 14.6. The maximum Gasteiger partial charge on any atom is 0.382 e. The first-order valence-electron chi connectivity index (χ1n) is 13.1. The first-order chi connectivity index (χ1) is 19.5. The number of ether oxygens (including phenoxy) is 3. The van der Waals surface area contributed by atoms with Gasteiger partial charge in [0.05, 0.1) is 32.2 Å². The van der Waals surface area contributed by atoms with Gasteiger partial charge in [0.1, 0.15) is 18.0 Å². The van der Waals surface area contributed by atoms with Gasteiger partial charge in [0.25, 0.3) is 0 Å². The molecule has 1 amide bonds. The molecule has 5 rings (SSSR count). The number of benzene rings is 2. The molecule has 0 saturated carbocycles. The molecule has 2 aliphatic rings. The fourth-order valence-electron chi connectivity index (χ4n) is 5.33. The van der Waals surface area contributed by atoms with Gasteiger partial charge >= 0.3 is 11.4 Å². The van der Waals surface area contributed by atoms with E-state index in [0.717, 1.165) is 10.1 Å². The van der Waals surface area contributed by atoms with E-state index in [1.165, 1.54) is 0 Å². The number of carbonyl (C=O) groups is 2. The number of fused-ring (bicyclic) bond motifs is 3. The van der Waals surface area contributed by atoms with Crippen LogP contribution in [0.2, 0.25) is 5.02 Å². The molecule has 0 N–H and O–H groups in total. The van der Waals surface area contributed by atoms with Crippen molar-refractivity contribution in [3.05, 3.63) is 69.8 Å². The second-order valence-electron chi connectivity index (χ2n) is 9.98. The molecule has 3 aromatic rings. The predicted octanol–water partition coefficient (Wildman–Crippen LogP) is 5.49.